The molecule has 6 nitrogen and oxygen atoms in total. The van der Waals surface area contributed by atoms with Crippen LogP contribution in [0.25, 0.3) is 0 Å². The fraction of sp³-hybridized carbons (Fsp3) is 0.364. The summed E-state index contributed by atoms with van der Waals surface area (Å²) in [6.07, 6.45) is 0.403. The summed E-state index contributed by atoms with van der Waals surface area (Å²) in [6.45, 7) is 4.80. The van der Waals surface area contributed by atoms with E-state index in [2.05, 4.69) is 21.6 Å². The lowest BCUT2D eigenvalue weighted by Gasteiger charge is -2.37. The molecule has 2 aromatic rings. The molecule has 3 rings (SSSR count). The van der Waals surface area contributed by atoms with Crippen LogP contribution in [0, 0.1) is 0 Å². The third-order valence-corrected chi connectivity index (χ3v) is 5.05. The number of methoxy groups -OCH3 is 1. The van der Waals surface area contributed by atoms with Crippen molar-refractivity contribution >= 4 is 29.8 Å². The zero-order chi connectivity index (χ0) is 19.9. The van der Waals surface area contributed by atoms with Gasteiger partial charge in [0.15, 0.2) is 5.78 Å². The number of ether oxygens (including phenoxy) is 1. The predicted octanol–water partition coefficient (Wildman–Crippen LogP) is 3.29. The Hall–Kier alpha value is -2.41. The van der Waals surface area contributed by atoms with Crippen LogP contribution in [0.4, 0.5) is 5.69 Å². The van der Waals surface area contributed by atoms with Crippen molar-refractivity contribution in [2.24, 2.45) is 0 Å². The summed E-state index contributed by atoms with van der Waals surface area (Å²) in [5, 5.41) is 6.34. The minimum absolute atomic E-state index is 0. The second kappa shape index (κ2) is 11.0. The molecule has 1 fully saturated rings. The van der Waals surface area contributed by atoms with E-state index < -0.39 is 0 Å². The van der Waals surface area contributed by atoms with E-state index in [0.717, 1.165) is 30.9 Å². The molecule has 1 aliphatic heterocycles. The highest BCUT2D eigenvalue weighted by Gasteiger charge is 2.26. The largest absolute Gasteiger partial charge is 0.496 e. The second-order valence-electron chi connectivity index (χ2n) is 6.93. The number of nitrogens with zero attached hydrogens (tertiary/aromatic N) is 1. The average molecular weight is 418 g/mol. The third kappa shape index (κ3) is 6.03. The van der Waals surface area contributed by atoms with Gasteiger partial charge in [0.25, 0.3) is 0 Å². The van der Waals surface area contributed by atoms with Crippen LogP contribution < -0.4 is 15.4 Å². The lowest BCUT2D eigenvalue weighted by atomic mass is 10.0. The summed E-state index contributed by atoms with van der Waals surface area (Å²) < 4.78 is 5.52. The monoisotopic (exact) mass is 417 g/mol. The number of rotatable bonds is 7. The topological polar surface area (TPSA) is 70.7 Å². The molecule has 1 saturated heterocycles. The first-order chi connectivity index (χ1) is 13.6. The highest BCUT2D eigenvalue weighted by Crippen LogP contribution is 2.30. The number of para-hydroxylation sites is 1. The minimum Gasteiger partial charge on any atom is -0.496 e. The normalized spacial score (nSPS) is 16.6. The van der Waals surface area contributed by atoms with Crippen molar-refractivity contribution in [3.8, 4) is 5.75 Å². The summed E-state index contributed by atoms with van der Waals surface area (Å²) in [7, 11) is 1.68. The van der Waals surface area contributed by atoms with Crippen molar-refractivity contribution in [1.29, 1.82) is 0 Å². The van der Waals surface area contributed by atoms with Gasteiger partial charge in [0.1, 0.15) is 5.75 Å². The first kappa shape index (κ1) is 22.9. The molecule has 2 N–H and O–H groups in total. The fourth-order valence-electron chi connectivity index (χ4n) is 3.52. The van der Waals surface area contributed by atoms with Crippen molar-refractivity contribution in [2.45, 2.75) is 19.4 Å². The van der Waals surface area contributed by atoms with Gasteiger partial charge in [0.2, 0.25) is 5.91 Å². The molecule has 2 aromatic carbocycles. The van der Waals surface area contributed by atoms with E-state index in [1.165, 1.54) is 6.92 Å². The predicted molar refractivity (Wildman–Crippen MR) is 117 cm³/mol. The maximum absolute atomic E-state index is 12.4. The molecule has 7 heteroatoms. The molecular weight excluding hydrogens is 390 g/mol. The van der Waals surface area contributed by atoms with E-state index in [1.54, 1.807) is 31.4 Å². The summed E-state index contributed by atoms with van der Waals surface area (Å²) in [4.78, 5) is 26.1. The highest BCUT2D eigenvalue weighted by molar-refractivity contribution is 5.95. The number of piperazine rings is 1. The number of anilines is 1. The Morgan fingerprint density at radius 3 is 2.59 bits per heavy atom. The number of ketones is 1. The first-order valence-electron chi connectivity index (χ1n) is 9.57. The van der Waals surface area contributed by atoms with Gasteiger partial charge in [-0.05, 0) is 37.3 Å². The number of carbonyl (C=O) groups is 2. The Labute approximate surface area is 178 Å². The lowest BCUT2D eigenvalue weighted by Crippen LogP contribution is -2.46. The van der Waals surface area contributed by atoms with Crippen LogP contribution in [0.2, 0.25) is 0 Å². The smallest absolute Gasteiger partial charge is 0.225 e. The molecule has 1 amide bonds. The molecule has 0 aliphatic carbocycles. The molecule has 1 aliphatic rings. The summed E-state index contributed by atoms with van der Waals surface area (Å²) in [6, 6.07) is 15.2. The van der Waals surface area contributed by atoms with E-state index in [0.29, 0.717) is 24.2 Å². The molecule has 1 unspecified atom stereocenters. The van der Waals surface area contributed by atoms with Crippen LogP contribution in [0.15, 0.2) is 48.5 Å². The standard InChI is InChI=1S/C22H27N3O3.ClH/c1-16(26)17-7-9-18(10-8-17)24-22(27)11-13-25-14-12-23-15-20(25)19-5-3-4-6-21(19)28-2;/h3-10,20,23H,11-15H2,1-2H3,(H,24,27);1H. The van der Waals surface area contributed by atoms with Crippen molar-refractivity contribution in [2.75, 3.05) is 38.6 Å². The van der Waals surface area contributed by atoms with Crippen LogP contribution >= 0.6 is 12.4 Å². The number of nitrogens with one attached hydrogen (secondary N) is 2. The molecule has 1 atom stereocenters. The number of halogens is 1. The molecule has 1 heterocycles. The summed E-state index contributed by atoms with van der Waals surface area (Å²) in [5.41, 5.74) is 2.48. The molecular formula is C22H28ClN3O3. The quantitative estimate of drug-likeness (QED) is 0.676. The van der Waals surface area contributed by atoms with Gasteiger partial charge < -0.3 is 15.4 Å². The SMILES string of the molecule is COc1ccccc1C1CNCCN1CCC(=O)Nc1ccc(C(C)=O)cc1.Cl. The Morgan fingerprint density at radius 2 is 1.90 bits per heavy atom. The van der Waals surface area contributed by atoms with Gasteiger partial charge in [-0.15, -0.1) is 12.4 Å². The second-order valence-corrected chi connectivity index (χ2v) is 6.93. The molecule has 156 valence electrons. The molecule has 0 radical (unpaired) electrons. The van der Waals surface area contributed by atoms with Gasteiger partial charge in [-0.1, -0.05) is 18.2 Å². The fourth-order valence-corrected chi connectivity index (χ4v) is 3.52. The Balaban J connectivity index is 0.00000300. The first-order valence-corrected chi connectivity index (χ1v) is 9.57. The summed E-state index contributed by atoms with van der Waals surface area (Å²) in [5.74, 6) is 0.850. The van der Waals surface area contributed by atoms with Gasteiger partial charge in [0, 0.05) is 49.4 Å². The number of amides is 1. The van der Waals surface area contributed by atoms with Gasteiger partial charge in [0.05, 0.1) is 13.2 Å². The van der Waals surface area contributed by atoms with Gasteiger partial charge >= 0.3 is 0 Å². The van der Waals surface area contributed by atoms with Gasteiger partial charge in [-0.25, -0.2) is 0 Å². The zero-order valence-corrected chi connectivity index (χ0v) is 17.6. The maximum Gasteiger partial charge on any atom is 0.225 e. The Morgan fingerprint density at radius 1 is 1.17 bits per heavy atom. The highest BCUT2D eigenvalue weighted by atomic mass is 35.5. The number of benzene rings is 2. The summed E-state index contributed by atoms with van der Waals surface area (Å²) >= 11 is 0. The number of Topliss-reactive ketones (excluding diaryl/α,β-unsaturated/α-hetero) is 1. The molecule has 0 aromatic heterocycles. The van der Waals surface area contributed by atoms with E-state index >= 15 is 0 Å². The van der Waals surface area contributed by atoms with Crippen LogP contribution in [0.3, 0.4) is 0 Å². The molecule has 0 bridgehead atoms. The van der Waals surface area contributed by atoms with Crippen LogP contribution in [-0.2, 0) is 4.79 Å². The van der Waals surface area contributed by atoms with E-state index in [-0.39, 0.29) is 30.1 Å². The van der Waals surface area contributed by atoms with Crippen LogP contribution in [0.5, 0.6) is 5.75 Å². The van der Waals surface area contributed by atoms with E-state index in [4.69, 9.17) is 4.74 Å². The third-order valence-electron chi connectivity index (χ3n) is 5.05. The maximum atomic E-state index is 12.4. The molecule has 29 heavy (non-hydrogen) atoms. The molecule has 0 spiro atoms. The van der Waals surface area contributed by atoms with Crippen molar-refractivity contribution in [3.63, 3.8) is 0 Å². The minimum atomic E-state index is -0.0344. The Bertz CT molecular complexity index is 826. The van der Waals surface area contributed by atoms with Crippen LogP contribution in [0.1, 0.15) is 35.3 Å². The van der Waals surface area contributed by atoms with E-state index in [1.807, 2.05) is 18.2 Å². The molecule has 0 saturated carbocycles. The van der Waals surface area contributed by atoms with Crippen molar-refractivity contribution in [1.82, 2.24) is 10.2 Å². The zero-order valence-electron chi connectivity index (χ0n) is 16.8. The van der Waals surface area contributed by atoms with E-state index in [9.17, 15) is 9.59 Å². The number of carbonyl (C=O) groups excluding carboxylic acids is 2. The van der Waals surface area contributed by atoms with Crippen molar-refractivity contribution in [3.05, 3.63) is 59.7 Å². The lowest BCUT2D eigenvalue weighted by molar-refractivity contribution is -0.116. The number of hydrogen-bond donors (Lipinski definition) is 2. The average Bonchev–Trinajstić information content (AvgIpc) is 2.73. The number of hydrogen-bond acceptors (Lipinski definition) is 5. The van der Waals surface area contributed by atoms with Crippen molar-refractivity contribution < 1.29 is 14.3 Å². The Kier molecular flexibility index (Phi) is 8.64. The van der Waals surface area contributed by atoms with Gasteiger partial charge in [-0.2, -0.15) is 0 Å². The van der Waals surface area contributed by atoms with Crippen LogP contribution in [-0.4, -0.2) is 49.9 Å². The van der Waals surface area contributed by atoms with Gasteiger partial charge in [-0.3, -0.25) is 14.5 Å².